The number of carbonyl (C=O) groups excluding carboxylic acids is 4. The maximum absolute atomic E-state index is 14.4. The van der Waals surface area contributed by atoms with Crippen LogP contribution in [0.15, 0.2) is 78.9 Å². The zero-order valence-electron chi connectivity index (χ0n) is 35.6. The Balaban J connectivity index is 1.22. The molecule has 1 aliphatic carbocycles. The first-order valence-electron chi connectivity index (χ1n) is 21.0. The van der Waals surface area contributed by atoms with E-state index in [-0.39, 0.29) is 54.5 Å². The van der Waals surface area contributed by atoms with Gasteiger partial charge in [0, 0.05) is 40.3 Å². The number of nitrogens with one attached hydrogen (secondary N) is 2. The van der Waals surface area contributed by atoms with E-state index in [0.29, 0.717) is 19.5 Å². The van der Waals surface area contributed by atoms with Gasteiger partial charge in [0.15, 0.2) is 0 Å². The molecule has 11 heteroatoms. The van der Waals surface area contributed by atoms with Crippen LogP contribution in [0.4, 0.5) is 4.79 Å². The van der Waals surface area contributed by atoms with Crippen molar-refractivity contribution >= 4 is 23.8 Å². The third kappa shape index (κ3) is 10.3. The van der Waals surface area contributed by atoms with Crippen LogP contribution in [0.5, 0.6) is 0 Å². The number of likely N-dealkylation sites (tertiary alicyclic amines) is 1. The van der Waals surface area contributed by atoms with Gasteiger partial charge in [0.1, 0.15) is 12.6 Å². The molecule has 0 unspecified atom stereocenters. The molecule has 2 N–H and O–H groups in total. The highest BCUT2D eigenvalue weighted by Gasteiger charge is 2.43. The van der Waals surface area contributed by atoms with E-state index in [4.69, 9.17) is 14.2 Å². The summed E-state index contributed by atoms with van der Waals surface area (Å²) in [5.74, 6) is -1.37. The standard InChI is InChI=1S/C47H64N4O7/c1-9-31(4)43(40(56-7)28-41(52)51-27-17-24-39(51)44(57-8)32(5)45(53)48-26-25-33-18-11-10-12-19-33)50(6)46(54)42(30(2)3)49-47(55)58-29-38-36-22-15-13-20-34(36)35-21-14-16-23-37(35)38/h10-16,18-23,30-32,38-40,42-44H,9,17,24-29H2,1-8H3,(H,48,53)(H,49,55)/t31-,32+,39-,40+,42-,43-,44+/m0/s1. The molecule has 0 saturated carbocycles. The minimum atomic E-state index is -0.869. The quantitative estimate of drug-likeness (QED) is 0.136. The van der Waals surface area contributed by atoms with Crippen molar-refractivity contribution in [2.45, 2.75) is 103 Å². The van der Waals surface area contributed by atoms with Gasteiger partial charge in [0.05, 0.1) is 36.6 Å². The maximum Gasteiger partial charge on any atom is 0.407 e. The third-order valence-corrected chi connectivity index (χ3v) is 12.4. The molecule has 3 aromatic carbocycles. The summed E-state index contributed by atoms with van der Waals surface area (Å²) in [5, 5.41) is 5.93. The lowest BCUT2D eigenvalue weighted by atomic mass is 9.89. The van der Waals surface area contributed by atoms with Crippen molar-refractivity contribution in [3.63, 3.8) is 0 Å². The topological polar surface area (TPSA) is 127 Å². The molecular formula is C47H64N4O7. The summed E-state index contributed by atoms with van der Waals surface area (Å²) in [7, 11) is 4.89. The fourth-order valence-electron chi connectivity index (χ4n) is 8.94. The second kappa shape index (κ2) is 20.8. The van der Waals surface area contributed by atoms with Gasteiger partial charge in [0.25, 0.3) is 0 Å². The predicted molar refractivity (Wildman–Crippen MR) is 226 cm³/mol. The number of carbonyl (C=O) groups is 4. The SMILES string of the molecule is CC[C@H](C)[C@@H]([C@@H](CC(=O)N1CCC[C@H]1[C@H](OC)[C@@H](C)C(=O)NCCc1ccccc1)OC)N(C)C(=O)[C@@H](NC(=O)OCC1c2ccccc2-c2ccccc21)C(C)C. The van der Waals surface area contributed by atoms with Gasteiger partial charge in [-0.3, -0.25) is 14.4 Å². The summed E-state index contributed by atoms with van der Waals surface area (Å²) in [6, 6.07) is 24.7. The molecule has 7 atom stereocenters. The van der Waals surface area contributed by atoms with Crippen molar-refractivity contribution in [3.8, 4) is 11.1 Å². The molecule has 4 amide bonds. The van der Waals surface area contributed by atoms with E-state index in [0.717, 1.165) is 47.1 Å². The van der Waals surface area contributed by atoms with Gasteiger partial charge in [-0.1, -0.05) is 120 Å². The maximum atomic E-state index is 14.4. The number of nitrogens with zero attached hydrogens (tertiary/aromatic N) is 2. The van der Waals surface area contributed by atoms with E-state index in [2.05, 4.69) is 34.9 Å². The summed E-state index contributed by atoms with van der Waals surface area (Å²) in [6.45, 7) is 10.9. The lowest BCUT2D eigenvalue weighted by molar-refractivity contribution is -0.147. The zero-order chi connectivity index (χ0) is 41.9. The Bertz CT molecular complexity index is 1790. The van der Waals surface area contributed by atoms with Crippen molar-refractivity contribution < 1.29 is 33.4 Å². The van der Waals surface area contributed by atoms with Crippen molar-refractivity contribution in [3.05, 3.63) is 95.6 Å². The van der Waals surface area contributed by atoms with Gasteiger partial charge in [-0.05, 0) is 58.9 Å². The lowest BCUT2D eigenvalue weighted by Gasteiger charge is -2.40. The van der Waals surface area contributed by atoms with Crippen LogP contribution < -0.4 is 10.6 Å². The van der Waals surface area contributed by atoms with Crippen LogP contribution in [0.3, 0.4) is 0 Å². The summed E-state index contributed by atoms with van der Waals surface area (Å²) in [4.78, 5) is 58.7. The molecule has 0 radical (unpaired) electrons. The van der Waals surface area contributed by atoms with Crippen LogP contribution >= 0.6 is 0 Å². The molecule has 1 heterocycles. The molecule has 1 aliphatic heterocycles. The summed E-state index contributed by atoms with van der Waals surface area (Å²) < 4.78 is 17.8. The van der Waals surface area contributed by atoms with Crippen LogP contribution in [0.2, 0.25) is 0 Å². The fourth-order valence-corrected chi connectivity index (χ4v) is 8.94. The largest absolute Gasteiger partial charge is 0.449 e. The van der Waals surface area contributed by atoms with Gasteiger partial charge in [-0.2, -0.15) is 0 Å². The molecular weight excluding hydrogens is 733 g/mol. The number of ether oxygens (including phenoxy) is 3. The van der Waals surface area contributed by atoms with E-state index in [1.807, 2.05) is 94.1 Å². The number of methoxy groups -OCH3 is 2. The Hall–Kier alpha value is -4.74. The summed E-state index contributed by atoms with van der Waals surface area (Å²) >= 11 is 0. The van der Waals surface area contributed by atoms with Crippen LogP contribution in [0.25, 0.3) is 11.1 Å². The highest BCUT2D eigenvalue weighted by atomic mass is 16.5. The van der Waals surface area contributed by atoms with Gasteiger partial charge in [-0.15, -0.1) is 0 Å². The number of hydrogen-bond donors (Lipinski definition) is 2. The first kappa shape index (κ1) is 44.4. The van der Waals surface area contributed by atoms with E-state index in [1.54, 1.807) is 26.2 Å². The van der Waals surface area contributed by atoms with Crippen molar-refractivity contribution in [1.82, 2.24) is 20.4 Å². The third-order valence-electron chi connectivity index (χ3n) is 12.4. The molecule has 11 nitrogen and oxygen atoms in total. The number of hydrogen-bond acceptors (Lipinski definition) is 7. The normalized spacial score (nSPS) is 18.0. The van der Waals surface area contributed by atoms with Crippen LogP contribution in [-0.4, -0.2) is 105 Å². The predicted octanol–water partition coefficient (Wildman–Crippen LogP) is 6.83. The molecule has 2 aliphatic rings. The Morgan fingerprint density at radius 3 is 2.07 bits per heavy atom. The van der Waals surface area contributed by atoms with Gasteiger partial charge in [-0.25, -0.2) is 4.79 Å². The van der Waals surface area contributed by atoms with E-state index < -0.39 is 36.3 Å². The number of benzene rings is 3. The molecule has 0 aromatic heterocycles. The molecule has 0 spiro atoms. The van der Waals surface area contributed by atoms with Crippen molar-refractivity contribution in [2.75, 3.05) is 41.0 Å². The van der Waals surface area contributed by atoms with E-state index in [9.17, 15) is 19.2 Å². The van der Waals surface area contributed by atoms with E-state index >= 15 is 0 Å². The Morgan fingerprint density at radius 1 is 0.862 bits per heavy atom. The minimum Gasteiger partial charge on any atom is -0.449 e. The number of fused-ring (bicyclic) bond motifs is 3. The zero-order valence-corrected chi connectivity index (χ0v) is 35.6. The minimum absolute atomic E-state index is 0.0327. The number of amides is 4. The average molecular weight is 797 g/mol. The lowest BCUT2D eigenvalue weighted by Crippen LogP contribution is -2.57. The summed E-state index contributed by atoms with van der Waals surface area (Å²) in [6.07, 6.45) is 1.23. The van der Waals surface area contributed by atoms with E-state index in [1.165, 1.54) is 0 Å². The number of alkyl carbamates (subject to hydrolysis) is 1. The molecule has 58 heavy (non-hydrogen) atoms. The molecule has 1 saturated heterocycles. The van der Waals surface area contributed by atoms with Crippen LogP contribution in [0, 0.1) is 17.8 Å². The first-order chi connectivity index (χ1) is 27.9. The fraction of sp³-hybridized carbons (Fsp3) is 0.532. The first-order valence-corrected chi connectivity index (χ1v) is 21.0. The molecule has 1 fully saturated rings. The van der Waals surface area contributed by atoms with Crippen LogP contribution in [-0.2, 0) is 35.0 Å². The Kier molecular flexibility index (Phi) is 15.9. The van der Waals surface area contributed by atoms with Crippen LogP contribution in [0.1, 0.15) is 82.9 Å². The Labute approximate surface area is 345 Å². The molecule has 5 rings (SSSR count). The molecule has 3 aromatic rings. The van der Waals surface area contributed by atoms with Crippen molar-refractivity contribution in [1.29, 1.82) is 0 Å². The Morgan fingerprint density at radius 2 is 1.48 bits per heavy atom. The molecule has 314 valence electrons. The van der Waals surface area contributed by atoms with Crippen molar-refractivity contribution in [2.24, 2.45) is 17.8 Å². The van der Waals surface area contributed by atoms with Gasteiger partial charge < -0.3 is 34.6 Å². The summed E-state index contributed by atoms with van der Waals surface area (Å²) in [5.41, 5.74) is 5.64. The highest BCUT2D eigenvalue weighted by molar-refractivity contribution is 5.86. The second-order valence-corrected chi connectivity index (χ2v) is 16.3. The molecule has 0 bridgehead atoms. The van der Waals surface area contributed by atoms with Gasteiger partial charge in [0.2, 0.25) is 17.7 Å². The smallest absolute Gasteiger partial charge is 0.407 e. The number of rotatable bonds is 19. The highest BCUT2D eigenvalue weighted by Crippen LogP contribution is 2.44. The second-order valence-electron chi connectivity index (χ2n) is 16.3. The monoisotopic (exact) mass is 796 g/mol. The number of likely N-dealkylation sites (N-methyl/N-ethyl adjacent to an activating group) is 1. The average Bonchev–Trinajstić information content (AvgIpc) is 3.85. The van der Waals surface area contributed by atoms with Gasteiger partial charge >= 0.3 is 6.09 Å².